The summed E-state index contributed by atoms with van der Waals surface area (Å²) in [5, 5.41) is 3.04. The van der Waals surface area contributed by atoms with Gasteiger partial charge in [-0.2, -0.15) is 4.98 Å². The van der Waals surface area contributed by atoms with Crippen molar-refractivity contribution >= 4 is 29.1 Å². The third-order valence-electron chi connectivity index (χ3n) is 4.51. The average Bonchev–Trinajstić information content (AvgIpc) is 2.77. The maximum absolute atomic E-state index is 13.2. The molecule has 30 heavy (non-hydrogen) atoms. The lowest BCUT2D eigenvalue weighted by Gasteiger charge is -2.13. The molecule has 0 aliphatic carbocycles. The molecule has 9 heteroatoms. The number of ketones is 1. The van der Waals surface area contributed by atoms with Crippen LogP contribution >= 0.6 is 0 Å². The zero-order valence-electron chi connectivity index (χ0n) is 16.5. The lowest BCUT2D eigenvalue weighted by molar-refractivity contribution is -0.132. The summed E-state index contributed by atoms with van der Waals surface area (Å²) < 4.78 is 18.8. The molecule has 0 spiro atoms. The van der Waals surface area contributed by atoms with Gasteiger partial charge in [-0.1, -0.05) is 0 Å². The summed E-state index contributed by atoms with van der Waals surface area (Å²) in [5.41, 5.74) is 8.01. The first-order valence-electron chi connectivity index (χ1n) is 9.56. The standard InChI is InChI=1S/C21H22FN5O3/c1-2-30-20-19-17(8-7-16(25-19)13-3-5-15(22)6-4-13)26-21(27-20)24-10-9-14(11-23)18(29)12-28/h3-8,12,14H,2,9-11,23H2,1H3,(H,24,26,27)/t14-/m0/s1. The number of hydrogen-bond acceptors (Lipinski definition) is 8. The summed E-state index contributed by atoms with van der Waals surface area (Å²) in [7, 11) is 0. The molecule has 0 unspecified atom stereocenters. The molecule has 3 aromatic rings. The molecule has 0 saturated carbocycles. The van der Waals surface area contributed by atoms with Gasteiger partial charge in [0.1, 0.15) is 5.82 Å². The Balaban J connectivity index is 1.85. The van der Waals surface area contributed by atoms with Gasteiger partial charge in [-0.3, -0.25) is 9.59 Å². The van der Waals surface area contributed by atoms with E-state index in [0.717, 1.165) is 5.56 Å². The van der Waals surface area contributed by atoms with Crippen LogP contribution in [0.25, 0.3) is 22.3 Å². The van der Waals surface area contributed by atoms with E-state index in [1.807, 2.05) is 6.92 Å². The van der Waals surface area contributed by atoms with Gasteiger partial charge in [-0.25, -0.2) is 14.4 Å². The molecule has 2 heterocycles. The Hall–Kier alpha value is -3.46. The van der Waals surface area contributed by atoms with Gasteiger partial charge in [0.15, 0.2) is 17.6 Å². The second kappa shape index (κ2) is 9.84. The lowest BCUT2D eigenvalue weighted by atomic mass is 10.0. The zero-order valence-corrected chi connectivity index (χ0v) is 16.5. The van der Waals surface area contributed by atoms with E-state index >= 15 is 0 Å². The average molecular weight is 411 g/mol. The second-order valence-corrected chi connectivity index (χ2v) is 6.52. The molecule has 0 fully saturated rings. The van der Waals surface area contributed by atoms with Crippen LogP contribution in [-0.4, -0.2) is 46.7 Å². The number of ether oxygens (including phenoxy) is 1. The first-order chi connectivity index (χ1) is 14.5. The third-order valence-corrected chi connectivity index (χ3v) is 4.51. The van der Waals surface area contributed by atoms with Crippen LogP contribution < -0.4 is 15.8 Å². The number of hydrogen-bond donors (Lipinski definition) is 2. The van der Waals surface area contributed by atoms with Gasteiger partial charge in [0, 0.05) is 24.6 Å². The van der Waals surface area contributed by atoms with Gasteiger partial charge in [-0.05, 0) is 49.7 Å². The second-order valence-electron chi connectivity index (χ2n) is 6.52. The van der Waals surface area contributed by atoms with E-state index in [9.17, 15) is 14.0 Å². The van der Waals surface area contributed by atoms with Crippen LogP contribution in [0, 0.1) is 11.7 Å². The van der Waals surface area contributed by atoms with Gasteiger partial charge in [0.05, 0.1) is 17.8 Å². The number of nitrogens with zero attached hydrogens (tertiary/aromatic N) is 3. The quantitative estimate of drug-likeness (QED) is 0.385. The Morgan fingerprint density at radius 3 is 2.63 bits per heavy atom. The predicted octanol–water partition coefficient (Wildman–Crippen LogP) is 2.37. The van der Waals surface area contributed by atoms with Crippen molar-refractivity contribution in [2.24, 2.45) is 11.7 Å². The Kier molecular flexibility index (Phi) is 6.97. The van der Waals surface area contributed by atoms with E-state index < -0.39 is 11.7 Å². The monoisotopic (exact) mass is 411 g/mol. The van der Waals surface area contributed by atoms with Crippen LogP contribution in [0.1, 0.15) is 13.3 Å². The molecule has 1 atom stereocenters. The molecule has 156 valence electrons. The normalized spacial score (nSPS) is 11.8. The molecule has 0 bridgehead atoms. The van der Waals surface area contributed by atoms with Crippen LogP contribution in [0.4, 0.5) is 10.3 Å². The molecule has 0 saturated heterocycles. The van der Waals surface area contributed by atoms with Crippen molar-refractivity contribution in [3.8, 4) is 17.1 Å². The number of Topliss-reactive ketones (excluding diaryl/α,β-unsaturated/α-hetero) is 1. The Labute approximate surface area is 172 Å². The summed E-state index contributed by atoms with van der Waals surface area (Å²) in [6.45, 7) is 2.68. The fourth-order valence-electron chi connectivity index (χ4n) is 2.92. The van der Waals surface area contributed by atoms with Gasteiger partial charge in [-0.15, -0.1) is 0 Å². The molecule has 3 rings (SSSR count). The Morgan fingerprint density at radius 2 is 1.97 bits per heavy atom. The highest BCUT2D eigenvalue weighted by atomic mass is 19.1. The minimum Gasteiger partial charge on any atom is -0.476 e. The van der Waals surface area contributed by atoms with Gasteiger partial charge in [0.25, 0.3) is 0 Å². The van der Waals surface area contributed by atoms with Crippen molar-refractivity contribution in [3.05, 3.63) is 42.2 Å². The van der Waals surface area contributed by atoms with E-state index in [-0.39, 0.29) is 12.4 Å². The number of carbonyl (C=O) groups excluding carboxylic acids is 2. The number of anilines is 1. The number of rotatable bonds is 10. The minimum atomic E-state index is -0.540. The van der Waals surface area contributed by atoms with E-state index in [4.69, 9.17) is 10.5 Å². The van der Waals surface area contributed by atoms with Gasteiger partial charge in [0.2, 0.25) is 11.8 Å². The molecular formula is C21H22FN5O3. The summed E-state index contributed by atoms with van der Waals surface area (Å²) >= 11 is 0. The highest BCUT2D eigenvalue weighted by molar-refractivity contribution is 6.26. The molecule has 2 aromatic heterocycles. The highest BCUT2D eigenvalue weighted by Crippen LogP contribution is 2.26. The molecule has 3 N–H and O–H groups in total. The molecule has 1 aromatic carbocycles. The van der Waals surface area contributed by atoms with Crippen molar-refractivity contribution in [1.82, 2.24) is 15.0 Å². The molecular weight excluding hydrogens is 389 g/mol. The third kappa shape index (κ3) is 4.93. The van der Waals surface area contributed by atoms with Crippen LogP contribution in [0.15, 0.2) is 36.4 Å². The number of pyridine rings is 1. The van der Waals surface area contributed by atoms with Crippen molar-refractivity contribution in [3.63, 3.8) is 0 Å². The predicted molar refractivity (Wildman–Crippen MR) is 111 cm³/mol. The summed E-state index contributed by atoms with van der Waals surface area (Å²) in [6, 6.07) is 9.62. The number of nitrogens with one attached hydrogen (secondary N) is 1. The molecule has 0 aliphatic rings. The van der Waals surface area contributed by atoms with Crippen LogP contribution in [0.5, 0.6) is 5.88 Å². The number of benzene rings is 1. The Bertz CT molecular complexity index is 1040. The number of nitrogens with two attached hydrogens (primary N) is 1. The van der Waals surface area contributed by atoms with Gasteiger partial charge >= 0.3 is 0 Å². The minimum absolute atomic E-state index is 0.0953. The summed E-state index contributed by atoms with van der Waals surface area (Å²) in [6.07, 6.45) is 0.669. The topological polar surface area (TPSA) is 120 Å². The van der Waals surface area contributed by atoms with Crippen molar-refractivity contribution in [1.29, 1.82) is 0 Å². The van der Waals surface area contributed by atoms with Crippen molar-refractivity contribution in [2.75, 3.05) is 25.0 Å². The maximum Gasteiger partial charge on any atom is 0.245 e. The fourth-order valence-corrected chi connectivity index (χ4v) is 2.92. The maximum atomic E-state index is 13.2. The molecule has 0 aliphatic heterocycles. The van der Waals surface area contributed by atoms with E-state index in [1.165, 1.54) is 12.1 Å². The summed E-state index contributed by atoms with van der Waals surface area (Å²) in [4.78, 5) is 35.6. The first-order valence-corrected chi connectivity index (χ1v) is 9.56. The van der Waals surface area contributed by atoms with Crippen LogP contribution in [-0.2, 0) is 9.59 Å². The molecule has 0 radical (unpaired) electrons. The van der Waals surface area contributed by atoms with E-state index in [2.05, 4.69) is 20.3 Å². The summed E-state index contributed by atoms with van der Waals surface area (Å²) in [5.74, 6) is -0.752. The van der Waals surface area contributed by atoms with E-state index in [1.54, 1.807) is 24.3 Å². The van der Waals surface area contributed by atoms with Crippen LogP contribution in [0.3, 0.4) is 0 Å². The molecule has 0 amide bonds. The Morgan fingerprint density at radius 1 is 1.20 bits per heavy atom. The number of fused-ring (bicyclic) bond motifs is 1. The van der Waals surface area contributed by atoms with Crippen molar-refractivity contribution < 1.29 is 18.7 Å². The molecule has 8 nitrogen and oxygen atoms in total. The largest absolute Gasteiger partial charge is 0.476 e. The number of carbonyl (C=O) groups is 2. The zero-order chi connectivity index (χ0) is 21.5. The van der Waals surface area contributed by atoms with E-state index in [0.29, 0.717) is 54.4 Å². The van der Waals surface area contributed by atoms with Crippen molar-refractivity contribution in [2.45, 2.75) is 13.3 Å². The van der Waals surface area contributed by atoms with Gasteiger partial charge < -0.3 is 15.8 Å². The SMILES string of the molecule is CCOc1nc(NCC[C@@H](CN)C(=O)C=O)nc2ccc(-c3ccc(F)cc3)nc12. The number of aldehydes is 1. The highest BCUT2D eigenvalue weighted by Gasteiger charge is 2.16. The fraction of sp³-hybridized carbons (Fsp3) is 0.286. The number of aromatic nitrogens is 3. The number of halogens is 1. The smallest absolute Gasteiger partial charge is 0.245 e. The first kappa shape index (κ1) is 21.3. The lowest BCUT2D eigenvalue weighted by Crippen LogP contribution is -2.27. The van der Waals surface area contributed by atoms with Crippen LogP contribution in [0.2, 0.25) is 0 Å².